The second-order valence-corrected chi connectivity index (χ2v) is 4.33. The number of H-pyrrole nitrogens is 1. The van der Waals surface area contributed by atoms with Crippen LogP contribution in [0.4, 0.5) is 0 Å². The van der Waals surface area contributed by atoms with Gasteiger partial charge in [0, 0.05) is 24.4 Å². The molecule has 1 aliphatic rings. The molecule has 2 heteroatoms. The van der Waals surface area contributed by atoms with Crippen LogP contribution in [0.15, 0.2) is 42.7 Å². The Morgan fingerprint density at radius 3 is 2.69 bits per heavy atom. The molecule has 1 aliphatic carbocycles. The monoisotopic (exact) mass is 211 g/mol. The maximum absolute atomic E-state index is 11.9. The molecule has 0 saturated heterocycles. The summed E-state index contributed by atoms with van der Waals surface area (Å²) in [5, 5.41) is 0. The van der Waals surface area contributed by atoms with Crippen molar-refractivity contribution in [3.63, 3.8) is 0 Å². The molecule has 1 heterocycles. The van der Waals surface area contributed by atoms with Gasteiger partial charge in [-0.05, 0) is 23.5 Å². The second kappa shape index (κ2) is 3.63. The quantitative estimate of drug-likeness (QED) is 0.773. The van der Waals surface area contributed by atoms with E-state index in [-0.39, 0.29) is 5.78 Å². The number of rotatable bonds is 1. The summed E-state index contributed by atoms with van der Waals surface area (Å²) in [5.41, 5.74) is 3.31. The standard InChI is InChI=1S/C14H13NO/c16-14-7-11(10-4-2-1-3-5-10)6-12-8-15-9-13(12)14/h1-5,8-9,11,15H,6-7H2. The van der Waals surface area contributed by atoms with Gasteiger partial charge >= 0.3 is 0 Å². The molecule has 0 aliphatic heterocycles. The molecule has 2 nitrogen and oxygen atoms in total. The lowest BCUT2D eigenvalue weighted by molar-refractivity contribution is 0.0965. The molecule has 0 spiro atoms. The van der Waals surface area contributed by atoms with Crippen LogP contribution < -0.4 is 0 Å². The van der Waals surface area contributed by atoms with Crippen molar-refractivity contribution in [3.05, 3.63) is 59.4 Å². The van der Waals surface area contributed by atoms with Gasteiger partial charge in [0.25, 0.3) is 0 Å². The highest BCUT2D eigenvalue weighted by molar-refractivity contribution is 5.99. The fourth-order valence-electron chi connectivity index (χ4n) is 2.46. The van der Waals surface area contributed by atoms with Crippen LogP contribution in [0.2, 0.25) is 0 Å². The molecule has 0 radical (unpaired) electrons. The molecule has 0 amide bonds. The van der Waals surface area contributed by atoms with E-state index < -0.39 is 0 Å². The fraction of sp³-hybridized carbons (Fsp3) is 0.214. The maximum atomic E-state index is 11.9. The molecule has 0 bridgehead atoms. The fourth-order valence-corrected chi connectivity index (χ4v) is 2.46. The number of aromatic nitrogens is 1. The van der Waals surface area contributed by atoms with Gasteiger partial charge < -0.3 is 4.98 Å². The number of nitrogens with one attached hydrogen (secondary N) is 1. The van der Waals surface area contributed by atoms with E-state index in [1.807, 2.05) is 30.6 Å². The number of fused-ring (bicyclic) bond motifs is 1. The van der Waals surface area contributed by atoms with E-state index in [1.165, 1.54) is 5.56 Å². The summed E-state index contributed by atoms with van der Waals surface area (Å²) in [6.45, 7) is 0. The molecule has 1 aromatic carbocycles. The molecule has 16 heavy (non-hydrogen) atoms. The molecule has 0 saturated carbocycles. The van der Waals surface area contributed by atoms with E-state index in [0.29, 0.717) is 12.3 Å². The molecule has 1 atom stereocenters. The van der Waals surface area contributed by atoms with Gasteiger partial charge in [-0.3, -0.25) is 4.79 Å². The third kappa shape index (κ3) is 1.47. The normalized spacial score (nSPS) is 19.5. The third-order valence-electron chi connectivity index (χ3n) is 3.30. The Morgan fingerprint density at radius 1 is 1.06 bits per heavy atom. The van der Waals surface area contributed by atoms with Gasteiger partial charge in [-0.25, -0.2) is 0 Å². The molecule has 1 aromatic heterocycles. The van der Waals surface area contributed by atoms with E-state index in [9.17, 15) is 4.79 Å². The molecular weight excluding hydrogens is 198 g/mol. The molecule has 0 fully saturated rings. The van der Waals surface area contributed by atoms with Crippen molar-refractivity contribution in [2.24, 2.45) is 0 Å². The number of hydrogen-bond donors (Lipinski definition) is 1. The van der Waals surface area contributed by atoms with Crippen LogP contribution in [0.25, 0.3) is 0 Å². The maximum Gasteiger partial charge on any atom is 0.165 e. The largest absolute Gasteiger partial charge is 0.367 e. The molecule has 80 valence electrons. The Morgan fingerprint density at radius 2 is 1.88 bits per heavy atom. The summed E-state index contributed by atoms with van der Waals surface area (Å²) < 4.78 is 0. The van der Waals surface area contributed by atoms with Crippen LogP contribution in [0, 0.1) is 0 Å². The predicted octanol–water partition coefficient (Wildman–Crippen LogP) is 2.93. The van der Waals surface area contributed by atoms with Crippen LogP contribution >= 0.6 is 0 Å². The molecular formula is C14H13NO. The van der Waals surface area contributed by atoms with Gasteiger partial charge in [0.2, 0.25) is 0 Å². The van der Waals surface area contributed by atoms with Gasteiger partial charge in [0.1, 0.15) is 0 Å². The average Bonchev–Trinajstić information content (AvgIpc) is 2.79. The van der Waals surface area contributed by atoms with E-state index in [0.717, 1.165) is 17.5 Å². The summed E-state index contributed by atoms with van der Waals surface area (Å²) in [6.07, 6.45) is 5.37. The van der Waals surface area contributed by atoms with Crippen LogP contribution in [0.5, 0.6) is 0 Å². The zero-order valence-electron chi connectivity index (χ0n) is 8.94. The minimum absolute atomic E-state index is 0.261. The smallest absolute Gasteiger partial charge is 0.165 e. The molecule has 1 N–H and O–H groups in total. The first-order valence-corrected chi connectivity index (χ1v) is 5.58. The number of Topliss-reactive ketones (excluding diaryl/α,β-unsaturated/α-hetero) is 1. The van der Waals surface area contributed by atoms with Crippen molar-refractivity contribution in [1.82, 2.24) is 4.98 Å². The summed E-state index contributed by atoms with van der Waals surface area (Å²) in [6, 6.07) is 10.3. The topological polar surface area (TPSA) is 32.9 Å². The lowest BCUT2D eigenvalue weighted by Crippen LogP contribution is -2.17. The zero-order valence-corrected chi connectivity index (χ0v) is 8.94. The van der Waals surface area contributed by atoms with Gasteiger partial charge in [-0.2, -0.15) is 0 Å². The van der Waals surface area contributed by atoms with Crippen molar-refractivity contribution < 1.29 is 4.79 Å². The minimum Gasteiger partial charge on any atom is -0.367 e. The van der Waals surface area contributed by atoms with E-state index in [1.54, 1.807) is 0 Å². The first-order chi connectivity index (χ1) is 7.84. The lowest BCUT2D eigenvalue weighted by Gasteiger charge is -2.21. The minimum atomic E-state index is 0.261. The van der Waals surface area contributed by atoms with E-state index >= 15 is 0 Å². The SMILES string of the molecule is O=C1CC(c2ccccc2)Cc2c[nH]cc21. The average molecular weight is 211 g/mol. The van der Waals surface area contributed by atoms with Gasteiger partial charge in [-0.15, -0.1) is 0 Å². The Labute approximate surface area is 94.3 Å². The summed E-state index contributed by atoms with van der Waals surface area (Å²) in [7, 11) is 0. The van der Waals surface area contributed by atoms with E-state index in [2.05, 4.69) is 17.1 Å². The number of carbonyl (C=O) groups excluding carboxylic acids is 1. The first kappa shape index (κ1) is 9.40. The zero-order chi connectivity index (χ0) is 11.0. The van der Waals surface area contributed by atoms with Crippen molar-refractivity contribution >= 4 is 5.78 Å². The highest BCUT2D eigenvalue weighted by atomic mass is 16.1. The van der Waals surface area contributed by atoms with Crippen LogP contribution in [0.1, 0.15) is 33.8 Å². The van der Waals surface area contributed by atoms with E-state index in [4.69, 9.17) is 0 Å². The number of hydrogen-bond acceptors (Lipinski definition) is 1. The lowest BCUT2D eigenvalue weighted by atomic mass is 9.81. The van der Waals surface area contributed by atoms with Crippen LogP contribution in [-0.4, -0.2) is 10.8 Å². The molecule has 1 unspecified atom stereocenters. The summed E-state index contributed by atoms with van der Waals surface area (Å²) in [5.74, 6) is 0.605. The number of aromatic amines is 1. The number of benzene rings is 1. The van der Waals surface area contributed by atoms with Gasteiger partial charge in [0.15, 0.2) is 5.78 Å². The highest BCUT2D eigenvalue weighted by Gasteiger charge is 2.26. The summed E-state index contributed by atoms with van der Waals surface area (Å²) >= 11 is 0. The Balaban J connectivity index is 1.95. The van der Waals surface area contributed by atoms with Crippen LogP contribution in [0.3, 0.4) is 0 Å². The van der Waals surface area contributed by atoms with Crippen molar-refractivity contribution in [2.75, 3.05) is 0 Å². The highest BCUT2D eigenvalue weighted by Crippen LogP contribution is 2.32. The Kier molecular flexibility index (Phi) is 2.13. The molecule has 3 rings (SSSR count). The Hall–Kier alpha value is -1.83. The van der Waals surface area contributed by atoms with Gasteiger partial charge in [0.05, 0.1) is 0 Å². The molecule has 2 aromatic rings. The van der Waals surface area contributed by atoms with Crippen LogP contribution in [-0.2, 0) is 6.42 Å². The third-order valence-corrected chi connectivity index (χ3v) is 3.30. The van der Waals surface area contributed by atoms with Crippen molar-refractivity contribution in [3.8, 4) is 0 Å². The first-order valence-electron chi connectivity index (χ1n) is 5.58. The van der Waals surface area contributed by atoms with Crippen molar-refractivity contribution in [2.45, 2.75) is 18.8 Å². The summed E-state index contributed by atoms with van der Waals surface area (Å²) in [4.78, 5) is 14.9. The number of carbonyl (C=O) groups is 1. The second-order valence-electron chi connectivity index (χ2n) is 4.33. The number of ketones is 1. The predicted molar refractivity (Wildman–Crippen MR) is 62.6 cm³/mol. The van der Waals surface area contributed by atoms with Gasteiger partial charge in [-0.1, -0.05) is 30.3 Å². The Bertz CT molecular complexity index is 513. The van der Waals surface area contributed by atoms with Crippen molar-refractivity contribution in [1.29, 1.82) is 0 Å².